The molecular weight excluding hydrogens is 330 g/mol. The number of carbonyl (C=O) groups excluding carboxylic acids is 1. The molecule has 26 heavy (non-hydrogen) atoms. The molecule has 1 saturated carbocycles. The van der Waals surface area contributed by atoms with Gasteiger partial charge in [0.05, 0.1) is 12.6 Å². The van der Waals surface area contributed by atoms with Crippen LogP contribution in [0, 0.1) is 5.92 Å². The Hall–Kier alpha value is -1.57. The van der Waals surface area contributed by atoms with Crippen LogP contribution in [0.3, 0.4) is 0 Å². The first kappa shape index (κ1) is 19.2. The van der Waals surface area contributed by atoms with Crippen LogP contribution in [0.5, 0.6) is 0 Å². The number of nitrogens with zero attached hydrogens (tertiary/aromatic N) is 3. The number of rotatable bonds is 6. The van der Waals surface area contributed by atoms with Gasteiger partial charge in [-0.2, -0.15) is 0 Å². The van der Waals surface area contributed by atoms with Crippen LogP contribution in [0.15, 0.2) is 6.20 Å². The van der Waals surface area contributed by atoms with Crippen LogP contribution in [-0.4, -0.2) is 53.1 Å². The molecule has 0 unspecified atom stereocenters. The number of nitrogens with one attached hydrogen (secondary N) is 1. The molecule has 1 fully saturated rings. The highest BCUT2D eigenvalue weighted by Crippen LogP contribution is 2.26. The summed E-state index contributed by atoms with van der Waals surface area (Å²) in [4.78, 5) is 23.9. The standard InChI is InChI=1S/C19H31N5O2/c1-3-8-26-17-9-13(4-5-15(17)20)19(25)22-11-18-21-10-14-12-24(2)7-6-16(14)23-18/h10,13,15,17H,3-9,11-12,20H2,1-2H3,(H,22,25)/t13-,15+,17+/m0/s1. The SMILES string of the molecule is CCCO[C@@H]1C[C@@H](C(=O)NCc2ncc3c(n2)CCN(C)C3)CC[C@H]1N. The van der Waals surface area contributed by atoms with Gasteiger partial charge in [0.2, 0.25) is 5.91 Å². The minimum atomic E-state index is -0.0390. The molecule has 1 aromatic rings. The van der Waals surface area contributed by atoms with Gasteiger partial charge >= 0.3 is 0 Å². The quantitative estimate of drug-likeness (QED) is 0.785. The van der Waals surface area contributed by atoms with Crippen LogP contribution in [0.25, 0.3) is 0 Å². The van der Waals surface area contributed by atoms with Crippen molar-refractivity contribution in [3.8, 4) is 0 Å². The molecule has 0 saturated heterocycles. The van der Waals surface area contributed by atoms with Gasteiger partial charge < -0.3 is 20.7 Å². The molecule has 3 N–H and O–H groups in total. The van der Waals surface area contributed by atoms with Crippen molar-refractivity contribution in [1.82, 2.24) is 20.2 Å². The van der Waals surface area contributed by atoms with Crippen molar-refractivity contribution in [3.05, 3.63) is 23.3 Å². The minimum Gasteiger partial charge on any atom is -0.377 e. The number of nitrogens with two attached hydrogens (primary N) is 1. The number of fused-ring (bicyclic) bond motifs is 1. The summed E-state index contributed by atoms with van der Waals surface area (Å²) in [6.45, 7) is 5.06. The maximum atomic E-state index is 12.6. The predicted octanol–water partition coefficient (Wildman–Crippen LogP) is 1.00. The van der Waals surface area contributed by atoms with Crippen molar-refractivity contribution >= 4 is 5.91 Å². The molecule has 144 valence electrons. The Balaban J connectivity index is 1.52. The normalized spacial score (nSPS) is 26.3. The molecule has 3 rings (SSSR count). The Morgan fingerprint density at radius 1 is 1.46 bits per heavy atom. The Morgan fingerprint density at radius 3 is 3.12 bits per heavy atom. The molecule has 0 aromatic carbocycles. The molecular formula is C19H31N5O2. The lowest BCUT2D eigenvalue weighted by molar-refractivity contribution is -0.128. The van der Waals surface area contributed by atoms with E-state index in [1.807, 2.05) is 6.20 Å². The summed E-state index contributed by atoms with van der Waals surface area (Å²) in [5, 5.41) is 3.01. The highest BCUT2D eigenvalue weighted by molar-refractivity contribution is 5.78. The van der Waals surface area contributed by atoms with E-state index in [1.54, 1.807) is 0 Å². The number of hydrogen-bond donors (Lipinski definition) is 2. The third-order valence-corrected chi connectivity index (χ3v) is 5.35. The molecule has 1 aliphatic heterocycles. The highest BCUT2D eigenvalue weighted by atomic mass is 16.5. The van der Waals surface area contributed by atoms with E-state index < -0.39 is 0 Å². The molecule has 2 aliphatic rings. The van der Waals surface area contributed by atoms with E-state index in [0.717, 1.165) is 44.5 Å². The first-order chi connectivity index (χ1) is 12.6. The van der Waals surface area contributed by atoms with E-state index in [4.69, 9.17) is 10.5 Å². The fourth-order valence-electron chi connectivity index (χ4n) is 3.75. The molecule has 7 heteroatoms. The van der Waals surface area contributed by atoms with Gasteiger partial charge in [0.15, 0.2) is 0 Å². The van der Waals surface area contributed by atoms with Crippen LogP contribution >= 0.6 is 0 Å². The summed E-state index contributed by atoms with van der Waals surface area (Å²) in [5.41, 5.74) is 8.44. The number of carbonyl (C=O) groups is 1. The molecule has 0 bridgehead atoms. The maximum Gasteiger partial charge on any atom is 0.223 e. The second kappa shape index (κ2) is 8.88. The Morgan fingerprint density at radius 2 is 2.31 bits per heavy atom. The van der Waals surface area contributed by atoms with E-state index in [-0.39, 0.29) is 24.0 Å². The topological polar surface area (TPSA) is 93.4 Å². The average molecular weight is 361 g/mol. The van der Waals surface area contributed by atoms with Gasteiger partial charge in [0.1, 0.15) is 5.82 Å². The van der Waals surface area contributed by atoms with Gasteiger partial charge in [-0.1, -0.05) is 6.92 Å². The smallest absolute Gasteiger partial charge is 0.223 e. The van der Waals surface area contributed by atoms with E-state index in [0.29, 0.717) is 25.4 Å². The van der Waals surface area contributed by atoms with Gasteiger partial charge in [0.25, 0.3) is 0 Å². The first-order valence-electron chi connectivity index (χ1n) is 9.74. The van der Waals surface area contributed by atoms with Gasteiger partial charge in [-0.05, 0) is 32.7 Å². The summed E-state index contributed by atoms with van der Waals surface area (Å²) < 4.78 is 5.82. The monoisotopic (exact) mass is 361 g/mol. The Kier molecular flexibility index (Phi) is 6.56. The van der Waals surface area contributed by atoms with Gasteiger partial charge in [-0.3, -0.25) is 4.79 Å². The van der Waals surface area contributed by atoms with E-state index in [1.165, 1.54) is 5.56 Å². The summed E-state index contributed by atoms with van der Waals surface area (Å²) in [6, 6.07) is 0.0349. The first-order valence-corrected chi connectivity index (χ1v) is 9.74. The number of amides is 1. The lowest BCUT2D eigenvalue weighted by atomic mass is 9.83. The largest absolute Gasteiger partial charge is 0.377 e. The van der Waals surface area contributed by atoms with Gasteiger partial charge in [-0.15, -0.1) is 0 Å². The minimum absolute atomic E-state index is 0.0172. The van der Waals surface area contributed by atoms with Gasteiger partial charge in [0, 0.05) is 55.5 Å². The number of likely N-dealkylation sites (N-methyl/N-ethyl adjacent to an activating group) is 1. The summed E-state index contributed by atoms with van der Waals surface area (Å²) in [6.07, 6.45) is 6.12. The van der Waals surface area contributed by atoms with Crippen molar-refractivity contribution in [2.45, 2.75) is 64.3 Å². The Bertz CT molecular complexity index is 624. The fourth-order valence-corrected chi connectivity index (χ4v) is 3.75. The van der Waals surface area contributed by atoms with Crippen molar-refractivity contribution in [1.29, 1.82) is 0 Å². The zero-order valence-electron chi connectivity index (χ0n) is 15.9. The fraction of sp³-hybridized carbons (Fsp3) is 0.737. The zero-order valence-corrected chi connectivity index (χ0v) is 15.9. The van der Waals surface area contributed by atoms with Crippen molar-refractivity contribution < 1.29 is 9.53 Å². The van der Waals surface area contributed by atoms with Crippen molar-refractivity contribution in [2.24, 2.45) is 11.7 Å². The van der Waals surface area contributed by atoms with Crippen molar-refractivity contribution in [3.63, 3.8) is 0 Å². The van der Waals surface area contributed by atoms with Gasteiger partial charge in [-0.25, -0.2) is 9.97 Å². The molecule has 2 heterocycles. The van der Waals surface area contributed by atoms with Crippen LogP contribution in [0.1, 0.15) is 49.7 Å². The second-order valence-electron chi connectivity index (χ2n) is 7.55. The Labute approximate surface area is 155 Å². The third-order valence-electron chi connectivity index (χ3n) is 5.35. The van der Waals surface area contributed by atoms with Crippen LogP contribution in [0.4, 0.5) is 0 Å². The maximum absolute atomic E-state index is 12.6. The summed E-state index contributed by atoms with van der Waals surface area (Å²) >= 11 is 0. The lowest BCUT2D eigenvalue weighted by Crippen LogP contribution is -2.45. The van der Waals surface area contributed by atoms with Crippen molar-refractivity contribution in [2.75, 3.05) is 20.2 Å². The van der Waals surface area contributed by atoms with E-state index >= 15 is 0 Å². The average Bonchev–Trinajstić information content (AvgIpc) is 2.65. The highest BCUT2D eigenvalue weighted by Gasteiger charge is 2.32. The molecule has 7 nitrogen and oxygen atoms in total. The predicted molar refractivity (Wildman–Crippen MR) is 99.3 cm³/mol. The summed E-state index contributed by atoms with van der Waals surface area (Å²) in [5.74, 6) is 0.707. The lowest BCUT2D eigenvalue weighted by Gasteiger charge is -2.33. The van der Waals surface area contributed by atoms with E-state index in [9.17, 15) is 4.79 Å². The molecule has 0 spiro atoms. The van der Waals surface area contributed by atoms with Crippen LogP contribution < -0.4 is 11.1 Å². The number of ether oxygens (including phenoxy) is 1. The van der Waals surface area contributed by atoms with E-state index in [2.05, 4.69) is 34.2 Å². The number of hydrogen-bond acceptors (Lipinski definition) is 6. The third kappa shape index (κ3) is 4.78. The molecule has 3 atom stereocenters. The molecule has 1 aromatic heterocycles. The van der Waals surface area contributed by atoms with Crippen LogP contribution in [-0.2, 0) is 29.0 Å². The van der Waals surface area contributed by atoms with Crippen LogP contribution in [0.2, 0.25) is 0 Å². The zero-order chi connectivity index (χ0) is 18.5. The summed E-state index contributed by atoms with van der Waals surface area (Å²) in [7, 11) is 2.10. The molecule has 0 radical (unpaired) electrons. The molecule has 1 aliphatic carbocycles. The second-order valence-corrected chi connectivity index (χ2v) is 7.55. The number of aromatic nitrogens is 2. The molecule has 1 amide bonds.